The van der Waals surface area contributed by atoms with E-state index in [1.807, 2.05) is 6.92 Å². The number of fused-ring (bicyclic) bond motifs is 1. The Bertz CT molecular complexity index is 478. The van der Waals surface area contributed by atoms with Gasteiger partial charge in [0.25, 0.3) is 0 Å². The molecule has 0 amide bonds. The van der Waals surface area contributed by atoms with Gasteiger partial charge in [-0.05, 0) is 24.6 Å². The van der Waals surface area contributed by atoms with Gasteiger partial charge in [0.2, 0.25) is 0 Å². The summed E-state index contributed by atoms with van der Waals surface area (Å²) in [5, 5.41) is 10.2. The monoisotopic (exact) mass is 205 g/mol. The second kappa shape index (κ2) is 4.08. The summed E-state index contributed by atoms with van der Waals surface area (Å²) < 4.78 is 5.01. The van der Waals surface area contributed by atoms with Crippen LogP contribution < -0.4 is 0 Å². The molecule has 0 aliphatic carbocycles. The highest BCUT2D eigenvalue weighted by molar-refractivity contribution is 5.93. The molecule has 0 radical (unpaired) electrons. The maximum absolute atomic E-state index is 11.5. The second-order valence-corrected chi connectivity index (χ2v) is 3.18. The predicted octanol–water partition coefficient (Wildman–Crippen LogP) is 1.52. The summed E-state index contributed by atoms with van der Waals surface area (Å²) in [5.41, 5.74) is 1.98. The Morgan fingerprint density at radius 3 is 3.20 bits per heavy atom. The highest BCUT2D eigenvalue weighted by Crippen LogP contribution is 2.11. The molecular weight excluding hydrogens is 194 g/mol. The Balaban J connectivity index is 2.23. The fraction of sp³-hybridized carbons (Fsp3) is 0.300. The third-order valence-corrected chi connectivity index (χ3v) is 2.00. The summed E-state index contributed by atoms with van der Waals surface area (Å²) in [5.74, 6) is -0.318. The van der Waals surface area contributed by atoms with Gasteiger partial charge < -0.3 is 4.74 Å². The zero-order valence-electron chi connectivity index (χ0n) is 8.36. The standard InChI is InChI=1S/C10H11N3O2/c1-2-5-15-10(14)7-3-4-8-9(6-7)12-13-11-8/h3-4,6H,2,5H2,1H3,(H,11,12,13). The van der Waals surface area contributed by atoms with E-state index in [1.165, 1.54) is 0 Å². The number of aromatic amines is 1. The summed E-state index contributed by atoms with van der Waals surface area (Å²) in [7, 11) is 0. The first-order valence-corrected chi connectivity index (χ1v) is 4.79. The van der Waals surface area contributed by atoms with E-state index < -0.39 is 0 Å². The van der Waals surface area contributed by atoms with Crippen LogP contribution in [0.1, 0.15) is 23.7 Å². The summed E-state index contributed by atoms with van der Waals surface area (Å²) in [6, 6.07) is 5.12. The molecule has 0 atom stereocenters. The number of ether oxygens (including phenoxy) is 1. The quantitative estimate of drug-likeness (QED) is 0.771. The third-order valence-electron chi connectivity index (χ3n) is 2.00. The van der Waals surface area contributed by atoms with Crippen molar-refractivity contribution in [3.63, 3.8) is 0 Å². The summed E-state index contributed by atoms with van der Waals surface area (Å²) in [4.78, 5) is 11.5. The second-order valence-electron chi connectivity index (χ2n) is 3.18. The lowest BCUT2D eigenvalue weighted by Gasteiger charge is -2.01. The molecule has 15 heavy (non-hydrogen) atoms. The van der Waals surface area contributed by atoms with E-state index in [4.69, 9.17) is 4.74 Å². The van der Waals surface area contributed by atoms with Gasteiger partial charge in [-0.15, -0.1) is 5.10 Å². The topological polar surface area (TPSA) is 67.9 Å². The Hall–Kier alpha value is -1.91. The molecule has 0 spiro atoms. The van der Waals surface area contributed by atoms with Crippen molar-refractivity contribution in [2.45, 2.75) is 13.3 Å². The molecule has 0 saturated carbocycles. The molecule has 0 fully saturated rings. The molecule has 78 valence electrons. The van der Waals surface area contributed by atoms with E-state index in [-0.39, 0.29) is 5.97 Å². The van der Waals surface area contributed by atoms with Crippen LogP contribution in [0, 0.1) is 0 Å². The van der Waals surface area contributed by atoms with Crippen LogP contribution in [0.4, 0.5) is 0 Å². The molecule has 0 unspecified atom stereocenters. The molecule has 2 rings (SSSR count). The van der Waals surface area contributed by atoms with Crippen LogP contribution in [0.25, 0.3) is 11.0 Å². The molecule has 0 aliphatic heterocycles. The van der Waals surface area contributed by atoms with Gasteiger partial charge in [0.1, 0.15) is 5.52 Å². The van der Waals surface area contributed by atoms with Crippen molar-refractivity contribution in [2.75, 3.05) is 6.61 Å². The molecule has 1 aromatic carbocycles. The van der Waals surface area contributed by atoms with Crippen LogP contribution in [0.15, 0.2) is 18.2 Å². The Kier molecular flexibility index (Phi) is 2.62. The van der Waals surface area contributed by atoms with Crippen LogP contribution in [0.3, 0.4) is 0 Å². The molecular formula is C10H11N3O2. The minimum atomic E-state index is -0.318. The number of hydrogen-bond acceptors (Lipinski definition) is 4. The minimum absolute atomic E-state index is 0.318. The predicted molar refractivity (Wildman–Crippen MR) is 54.5 cm³/mol. The fourth-order valence-electron chi connectivity index (χ4n) is 1.25. The van der Waals surface area contributed by atoms with Gasteiger partial charge in [-0.2, -0.15) is 0 Å². The van der Waals surface area contributed by atoms with Gasteiger partial charge in [0, 0.05) is 0 Å². The van der Waals surface area contributed by atoms with Gasteiger partial charge in [-0.1, -0.05) is 12.1 Å². The van der Waals surface area contributed by atoms with E-state index in [1.54, 1.807) is 18.2 Å². The lowest BCUT2D eigenvalue weighted by Crippen LogP contribution is -2.05. The molecule has 2 aromatic rings. The minimum Gasteiger partial charge on any atom is -0.462 e. The number of hydrogen-bond donors (Lipinski definition) is 1. The zero-order chi connectivity index (χ0) is 10.7. The molecule has 1 N–H and O–H groups in total. The van der Waals surface area contributed by atoms with Gasteiger partial charge in [0.15, 0.2) is 0 Å². The normalized spacial score (nSPS) is 10.5. The highest BCUT2D eigenvalue weighted by atomic mass is 16.5. The molecule has 5 heteroatoms. The van der Waals surface area contributed by atoms with E-state index >= 15 is 0 Å². The maximum Gasteiger partial charge on any atom is 0.338 e. The van der Waals surface area contributed by atoms with Gasteiger partial charge >= 0.3 is 5.97 Å². The fourth-order valence-corrected chi connectivity index (χ4v) is 1.25. The zero-order valence-corrected chi connectivity index (χ0v) is 8.36. The van der Waals surface area contributed by atoms with E-state index in [2.05, 4.69) is 15.4 Å². The Morgan fingerprint density at radius 2 is 2.40 bits per heavy atom. The number of carbonyl (C=O) groups excluding carboxylic acids is 1. The number of H-pyrrole nitrogens is 1. The Labute approximate surface area is 86.4 Å². The average Bonchev–Trinajstić information content (AvgIpc) is 2.72. The van der Waals surface area contributed by atoms with Crippen molar-refractivity contribution in [3.05, 3.63) is 23.8 Å². The van der Waals surface area contributed by atoms with Gasteiger partial charge in [-0.25, -0.2) is 4.79 Å². The first-order chi connectivity index (χ1) is 7.31. The van der Waals surface area contributed by atoms with Crippen LogP contribution >= 0.6 is 0 Å². The number of carbonyl (C=O) groups is 1. The van der Waals surface area contributed by atoms with Crippen molar-refractivity contribution in [3.8, 4) is 0 Å². The first-order valence-electron chi connectivity index (χ1n) is 4.79. The van der Waals surface area contributed by atoms with E-state index in [0.29, 0.717) is 17.7 Å². The van der Waals surface area contributed by atoms with Crippen LogP contribution in [0.5, 0.6) is 0 Å². The first kappa shape index (κ1) is 9.64. The number of rotatable bonds is 3. The summed E-state index contributed by atoms with van der Waals surface area (Å²) in [6.45, 7) is 2.39. The lowest BCUT2D eigenvalue weighted by atomic mass is 10.2. The number of nitrogens with zero attached hydrogens (tertiary/aromatic N) is 2. The highest BCUT2D eigenvalue weighted by Gasteiger charge is 2.08. The smallest absolute Gasteiger partial charge is 0.338 e. The SMILES string of the molecule is CCCOC(=O)c1ccc2[nH]nnc2c1. The van der Waals surface area contributed by atoms with Crippen LogP contribution in [0.2, 0.25) is 0 Å². The van der Waals surface area contributed by atoms with Crippen LogP contribution in [-0.4, -0.2) is 28.0 Å². The molecule has 0 aliphatic rings. The van der Waals surface area contributed by atoms with Crippen molar-refractivity contribution in [1.82, 2.24) is 15.4 Å². The van der Waals surface area contributed by atoms with Crippen molar-refractivity contribution in [1.29, 1.82) is 0 Å². The van der Waals surface area contributed by atoms with Crippen molar-refractivity contribution < 1.29 is 9.53 Å². The molecule has 1 heterocycles. The van der Waals surface area contributed by atoms with Gasteiger partial charge in [0.05, 0.1) is 17.7 Å². The average molecular weight is 205 g/mol. The Morgan fingerprint density at radius 1 is 1.53 bits per heavy atom. The number of nitrogens with one attached hydrogen (secondary N) is 1. The van der Waals surface area contributed by atoms with Gasteiger partial charge in [-0.3, -0.25) is 5.10 Å². The van der Waals surface area contributed by atoms with Crippen LogP contribution in [-0.2, 0) is 4.74 Å². The summed E-state index contributed by atoms with van der Waals surface area (Å²) in [6.07, 6.45) is 0.817. The molecule has 0 bridgehead atoms. The number of benzene rings is 1. The maximum atomic E-state index is 11.5. The van der Waals surface area contributed by atoms with E-state index in [0.717, 1.165) is 11.9 Å². The molecule has 0 saturated heterocycles. The molecule has 1 aromatic heterocycles. The number of aromatic nitrogens is 3. The van der Waals surface area contributed by atoms with Crippen molar-refractivity contribution >= 4 is 17.0 Å². The summed E-state index contributed by atoms with van der Waals surface area (Å²) >= 11 is 0. The molecule has 5 nitrogen and oxygen atoms in total. The lowest BCUT2D eigenvalue weighted by molar-refractivity contribution is 0.0505. The van der Waals surface area contributed by atoms with E-state index in [9.17, 15) is 4.79 Å². The third kappa shape index (κ3) is 1.96. The largest absolute Gasteiger partial charge is 0.462 e. The number of esters is 1. The van der Waals surface area contributed by atoms with Crippen molar-refractivity contribution in [2.24, 2.45) is 0 Å².